The highest BCUT2D eigenvalue weighted by Gasteiger charge is 2.27. The number of allylic oxidation sites excluding steroid dienone is 4. The van der Waals surface area contributed by atoms with Gasteiger partial charge in [-0.15, -0.1) is 0 Å². The third-order valence-electron chi connectivity index (χ3n) is 4.15. The van der Waals surface area contributed by atoms with Gasteiger partial charge in [0.25, 0.3) is 0 Å². The first kappa shape index (κ1) is 15.9. The second-order valence-electron chi connectivity index (χ2n) is 7.89. The molecule has 0 bridgehead atoms. The zero-order chi connectivity index (χ0) is 15.8. The minimum atomic E-state index is 0.0755. The average Bonchev–Trinajstić information content (AvgIpc) is 2.85. The van der Waals surface area contributed by atoms with Gasteiger partial charge in [-0.1, -0.05) is 77.5 Å². The standard InChI is InChI=1S/C20H28O/c1-19(2,3)16-12-8-10-14(16)15-11-9-13-17(18(15)21-7)20(4,5)6/h8-11,13H,12H2,1-7H3. The van der Waals surface area contributed by atoms with Crippen LogP contribution in [0.15, 0.2) is 35.9 Å². The summed E-state index contributed by atoms with van der Waals surface area (Å²) in [5, 5.41) is 0. The third kappa shape index (κ3) is 3.07. The van der Waals surface area contributed by atoms with E-state index in [1.807, 2.05) is 0 Å². The van der Waals surface area contributed by atoms with E-state index in [-0.39, 0.29) is 10.8 Å². The highest BCUT2D eigenvalue weighted by atomic mass is 16.5. The Morgan fingerprint density at radius 3 is 2.14 bits per heavy atom. The van der Waals surface area contributed by atoms with E-state index in [1.54, 1.807) is 7.11 Å². The molecular weight excluding hydrogens is 256 g/mol. The Kier molecular flexibility index (Phi) is 4.06. The quantitative estimate of drug-likeness (QED) is 0.671. The highest BCUT2D eigenvalue weighted by molar-refractivity contribution is 5.84. The summed E-state index contributed by atoms with van der Waals surface area (Å²) in [6.45, 7) is 13.6. The van der Waals surface area contributed by atoms with Crippen LogP contribution in [-0.4, -0.2) is 7.11 Å². The maximum absolute atomic E-state index is 5.81. The molecule has 0 atom stereocenters. The van der Waals surface area contributed by atoms with Crippen LogP contribution in [0.2, 0.25) is 0 Å². The molecule has 0 amide bonds. The lowest BCUT2D eigenvalue weighted by Crippen LogP contribution is -2.14. The molecule has 0 aromatic heterocycles. The van der Waals surface area contributed by atoms with Crippen molar-refractivity contribution < 1.29 is 4.74 Å². The van der Waals surface area contributed by atoms with Gasteiger partial charge in [-0.05, 0) is 22.8 Å². The topological polar surface area (TPSA) is 9.23 Å². The van der Waals surface area contributed by atoms with Crippen molar-refractivity contribution in [3.05, 3.63) is 47.1 Å². The molecule has 0 aliphatic heterocycles. The first-order valence-corrected chi connectivity index (χ1v) is 7.74. The summed E-state index contributed by atoms with van der Waals surface area (Å²) >= 11 is 0. The van der Waals surface area contributed by atoms with Crippen molar-refractivity contribution in [2.45, 2.75) is 53.4 Å². The van der Waals surface area contributed by atoms with Crippen molar-refractivity contribution in [1.82, 2.24) is 0 Å². The first-order chi connectivity index (χ1) is 9.66. The van der Waals surface area contributed by atoms with Gasteiger partial charge in [0, 0.05) is 11.1 Å². The van der Waals surface area contributed by atoms with E-state index in [1.165, 1.54) is 22.3 Å². The van der Waals surface area contributed by atoms with Gasteiger partial charge >= 0.3 is 0 Å². The largest absolute Gasteiger partial charge is 0.496 e. The Bertz CT molecular complexity index is 589. The molecule has 1 aromatic carbocycles. The fourth-order valence-corrected chi connectivity index (χ4v) is 3.03. The summed E-state index contributed by atoms with van der Waals surface area (Å²) in [5.41, 5.74) is 5.58. The lowest BCUT2D eigenvalue weighted by Gasteiger charge is -2.26. The van der Waals surface area contributed by atoms with Crippen LogP contribution in [0.4, 0.5) is 0 Å². The van der Waals surface area contributed by atoms with Crippen molar-refractivity contribution in [2.24, 2.45) is 5.41 Å². The number of rotatable bonds is 2. The van der Waals surface area contributed by atoms with E-state index in [0.717, 1.165) is 12.2 Å². The average molecular weight is 284 g/mol. The zero-order valence-electron chi connectivity index (χ0n) is 14.5. The lowest BCUT2D eigenvalue weighted by molar-refractivity contribution is 0.396. The fourth-order valence-electron chi connectivity index (χ4n) is 3.03. The van der Waals surface area contributed by atoms with Crippen molar-refractivity contribution in [1.29, 1.82) is 0 Å². The Balaban J connectivity index is 2.68. The molecule has 0 spiro atoms. The van der Waals surface area contributed by atoms with Gasteiger partial charge in [0.1, 0.15) is 5.75 Å². The molecule has 1 heteroatoms. The van der Waals surface area contributed by atoms with Crippen LogP contribution in [-0.2, 0) is 5.41 Å². The SMILES string of the molecule is COc1c(C2=C(C(C)(C)C)CC=C2)cccc1C(C)(C)C. The molecule has 2 rings (SSSR count). The molecule has 0 fully saturated rings. The zero-order valence-corrected chi connectivity index (χ0v) is 14.5. The van der Waals surface area contributed by atoms with Crippen LogP contribution in [0.25, 0.3) is 5.57 Å². The maximum Gasteiger partial charge on any atom is 0.130 e. The van der Waals surface area contributed by atoms with Gasteiger partial charge in [0.05, 0.1) is 7.11 Å². The molecule has 0 N–H and O–H groups in total. The number of methoxy groups -OCH3 is 1. The van der Waals surface area contributed by atoms with Crippen LogP contribution in [0.3, 0.4) is 0 Å². The van der Waals surface area contributed by atoms with E-state index < -0.39 is 0 Å². The summed E-state index contributed by atoms with van der Waals surface area (Å²) in [4.78, 5) is 0. The molecule has 114 valence electrons. The molecule has 0 radical (unpaired) electrons. The van der Waals surface area contributed by atoms with E-state index in [9.17, 15) is 0 Å². The number of hydrogen-bond donors (Lipinski definition) is 0. The summed E-state index contributed by atoms with van der Waals surface area (Å²) in [7, 11) is 1.78. The number of para-hydroxylation sites is 1. The molecule has 0 heterocycles. The molecule has 1 aromatic rings. The van der Waals surface area contributed by atoms with Gasteiger partial charge in [-0.3, -0.25) is 0 Å². The highest BCUT2D eigenvalue weighted by Crippen LogP contribution is 2.44. The summed E-state index contributed by atoms with van der Waals surface area (Å²) in [6, 6.07) is 6.51. The maximum atomic E-state index is 5.81. The van der Waals surface area contributed by atoms with Crippen LogP contribution >= 0.6 is 0 Å². The minimum Gasteiger partial charge on any atom is -0.496 e. The van der Waals surface area contributed by atoms with Gasteiger partial charge in [-0.2, -0.15) is 0 Å². The summed E-state index contributed by atoms with van der Waals surface area (Å²) in [6.07, 6.45) is 5.56. The molecule has 21 heavy (non-hydrogen) atoms. The fraction of sp³-hybridized carbons (Fsp3) is 0.500. The Hall–Kier alpha value is -1.50. The molecular formula is C20H28O. The van der Waals surface area contributed by atoms with Gasteiger partial charge in [0.15, 0.2) is 0 Å². The van der Waals surface area contributed by atoms with Crippen molar-refractivity contribution >= 4 is 5.57 Å². The lowest BCUT2D eigenvalue weighted by atomic mass is 9.80. The number of benzene rings is 1. The summed E-state index contributed by atoms with van der Waals surface area (Å²) in [5.74, 6) is 1.02. The predicted molar refractivity (Wildman–Crippen MR) is 91.8 cm³/mol. The molecule has 0 saturated carbocycles. The molecule has 0 saturated heterocycles. The van der Waals surface area contributed by atoms with E-state index in [0.29, 0.717) is 0 Å². The Morgan fingerprint density at radius 1 is 0.952 bits per heavy atom. The van der Waals surface area contributed by atoms with Crippen LogP contribution in [0.5, 0.6) is 5.75 Å². The summed E-state index contributed by atoms with van der Waals surface area (Å²) < 4.78 is 5.81. The third-order valence-corrected chi connectivity index (χ3v) is 4.15. The minimum absolute atomic E-state index is 0.0755. The van der Waals surface area contributed by atoms with Crippen LogP contribution < -0.4 is 4.74 Å². The van der Waals surface area contributed by atoms with Gasteiger partial charge < -0.3 is 4.74 Å². The molecule has 1 nitrogen and oxygen atoms in total. The Labute approximate surface area is 129 Å². The normalized spacial score (nSPS) is 15.8. The van der Waals surface area contributed by atoms with Crippen LogP contribution in [0, 0.1) is 5.41 Å². The molecule has 1 aliphatic carbocycles. The molecule has 1 aliphatic rings. The predicted octanol–water partition coefficient (Wildman–Crippen LogP) is 5.75. The van der Waals surface area contributed by atoms with Gasteiger partial charge in [0.2, 0.25) is 0 Å². The Morgan fingerprint density at radius 2 is 1.62 bits per heavy atom. The number of hydrogen-bond acceptors (Lipinski definition) is 1. The monoisotopic (exact) mass is 284 g/mol. The van der Waals surface area contributed by atoms with Crippen molar-refractivity contribution in [2.75, 3.05) is 7.11 Å². The van der Waals surface area contributed by atoms with E-state index in [4.69, 9.17) is 4.74 Å². The van der Waals surface area contributed by atoms with E-state index >= 15 is 0 Å². The molecule has 0 unspecified atom stereocenters. The van der Waals surface area contributed by atoms with Crippen molar-refractivity contribution in [3.63, 3.8) is 0 Å². The first-order valence-electron chi connectivity index (χ1n) is 7.74. The second kappa shape index (κ2) is 5.36. The van der Waals surface area contributed by atoms with Crippen LogP contribution in [0.1, 0.15) is 59.1 Å². The smallest absolute Gasteiger partial charge is 0.130 e. The van der Waals surface area contributed by atoms with Crippen molar-refractivity contribution in [3.8, 4) is 5.75 Å². The second-order valence-corrected chi connectivity index (χ2v) is 7.89. The number of ether oxygens (including phenoxy) is 1. The van der Waals surface area contributed by atoms with E-state index in [2.05, 4.69) is 71.9 Å². The van der Waals surface area contributed by atoms with Gasteiger partial charge in [-0.25, -0.2) is 0 Å².